The second-order valence-electron chi connectivity index (χ2n) is 3.08. The second-order valence-corrected chi connectivity index (χ2v) is 4.46. The van der Waals surface area contributed by atoms with Crippen LogP contribution in [0.3, 0.4) is 0 Å². The van der Waals surface area contributed by atoms with E-state index in [1.165, 1.54) is 0 Å². The molecule has 0 saturated heterocycles. The van der Waals surface area contributed by atoms with E-state index in [1.54, 1.807) is 16.8 Å². The Bertz CT molecular complexity index is 414. The van der Waals surface area contributed by atoms with Crippen molar-refractivity contribution in [1.82, 2.24) is 4.57 Å². The van der Waals surface area contributed by atoms with E-state index in [0.717, 1.165) is 5.56 Å². The summed E-state index contributed by atoms with van der Waals surface area (Å²) in [7, 11) is 0. The first-order valence-corrected chi connectivity index (χ1v) is 5.35. The molecule has 1 heterocycles. The molecule has 0 radical (unpaired) electrons. The summed E-state index contributed by atoms with van der Waals surface area (Å²) in [5.74, 6) is 0. The number of pyridine rings is 1. The minimum Gasteiger partial charge on any atom is -0.393 e. The van der Waals surface area contributed by atoms with Crippen molar-refractivity contribution in [2.75, 3.05) is 0 Å². The molecule has 5 heteroatoms. The van der Waals surface area contributed by atoms with E-state index in [9.17, 15) is 4.79 Å². The number of aromatic nitrogens is 1. The zero-order valence-corrected chi connectivity index (χ0v) is 10.2. The van der Waals surface area contributed by atoms with Crippen LogP contribution < -0.4 is 11.3 Å². The number of hydrogen-bond donors (Lipinski definition) is 1. The summed E-state index contributed by atoms with van der Waals surface area (Å²) >= 11 is 7.96. The van der Waals surface area contributed by atoms with Crippen molar-refractivity contribution in [3.05, 3.63) is 32.7 Å². The van der Waals surface area contributed by atoms with Gasteiger partial charge in [0.2, 0.25) is 0 Å². The van der Waals surface area contributed by atoms with Gasteiger partial charge >= 0.3 is 0 Å². The highest BCUT2D eigenvalue weighted by Gasteiger charge is 2.02. The summed E-state index contributed by atoms with van der Waals surface area (Å²) in [5, 5.41) is 0. The summed E-state index contributed by atoms with van der Waals surface area (Å²) in [6.07, 6.45) is 2.34. The van der Waals surface area contributed by atoms with Gasteiger partial charge in [-0.1, -0.05) is 12.2 Å². The molecule has 0 fully saturated rings. The maximum atomic E-state index is 11.6. The van der Waals surface area contributed by atoms with Crippen molar-refractivity contribution >= 4 is 33.1 Å². The summed E-state index contributed by atoms with van der Waals surface area (Å²) < 4.78 is 2.18. The molecular weight excluding hydrogens is 264 g/mol. The standard InChI is InChI=1S/C9H11BrN2OS/c1-6-4-7(10)9(13)12(5-6)3-2-8(11)14/h4-5H,2-3H2,1H3,(H2,11,14). The number of rotatable bonds is 3. The number of nitrogens with two attached hydrogens (primary N) is 1. The maximum absolute atomic E-state index is 11.6. The summed E-state index contributed by atoms with van der Waals surface area (Å²) in [6.45, 7) is 2.47. The molecule has 0 atom stereocenters. The fraction of sp³-hybridized carbons (Fsp3) is 0.333. The fourth-order valence-electron chi connectivity index (χ4n) is 1.14. The molecule has 2 N–H and O–H groups in total. The molecule has 1 aromatic rings. The van der Waals surface area contributed by atoms with Gasteiger partial charge in [0.25, 0.3) is 5.56 Å². The van der Waals surface area contributed by atoms with E-state index in [-0.39, 0.29) is 5.56 Å². The topological polar surface area (TPSA) is 48.0 Å². The average molecular weight is 275 g/mol. The average Bonchev–Trinajstić information content (AvgIpc) is 2.08. The Hall–Kier alpha value is -0.680. The zero-order valence-electron chi connectivity index (χ0n) is 7.79. The lowest BCUT2D eigenvalue weighted by Crippen LogP contribution is -2.23. The number of hydrogen-bond acceptors (Lipinski definition) is 2. The zero-order chi connectivity index (χ0) is 10.7. The van der Waals surface area contributed by atoms with E-state index >= 15 is 0 Å². The van der Waals surface area contributed by atoms with Gasteiger partial charge in [-0.3, -0.25) is 4.79 Å². The first-order valence-electron chi connectivity index (χ1n) is 4.15. The van der Waals surface area contributed by atoms with Crippen LogP contribution in [0.2, 0.25) is 0 Å². The normalized spacial score (nSPS) is 10.1. The van der Waals surface area contributed by atoms with Gasteiger partial charge < -0.3 is 10.3 Å². The highest BCUT2D eigenvalue weighted by atomic mass is 79.9. The van der Waals surface area contributed by atoms with Gasteiger partial charge in [-0.15, -0.1) is 0 Å². The van der Waals surface area contributed by atoms with Crippen molar-refractivity contribution in [2.45, 2.75) is 19.9 Å². The summed E-state index contributed by atoms with van der Waals surface area (Å²) in [5.41, 5.74) is 6.35. The van der Waals surface area contributed by atoms with Crippen molar-refractivity contribution < 1.29 is 0 Å². The number of nitrogens with zero attached hydrogens (tertiary/aromatic N) is 1. The predicted octanol–water partition coefficient (Wildman–Crippen LogP) is 1.60. The third-order valence-electron chi connectivity index (χ3n) is 1.78. The van der Waals surface area contributed by atoms with Crippen LogP contribution in [0.25, 0.3) is 0 Å². The van der Waals surface area contributed by atoms with Crippen LogP contribution >= 0.6 is 28.1 Å². The molecule has 0 spiro atoms. The van der Waals surface area contributed by atoms with E-state index in [1.807, 2.05) is 6.92 Å². The van der Waals surface area contributed by atoms with Crippen LogP contribution in [0.5, 0.6) is 0 Å². The monoisotopic (exact) mass is 274 g/mol. The van der Waals surface area contributed by atoms with E-state index < -0.39 is 0 Å². The van der Waals surface area contributed by atoms with Crippen LogP contribution in [0.4, 0.5) is 0 Å². The fourth-order valence-corrected chi connectivity index (χ4v) is 1.82. The Morgan fingerprint density at radius 3 is 2.93 bits per heavy atom. The van der Waals surface area contributed by atoms with Crippen molar-refractivity contribution in [2.24, 2.45) is 5.73 Å². The number of thiocarbonyl (C=S) groups is 1. The highest BCUT2D eigenvalue weighted by molar-refractivity contribution is 9.10. The first-order chi connectivity index (χ1) is 6.50. The Morgan fingerprint density at radius 2 is 2.36 bits per heavy atom. The number of halogens is 1. The second kappa shape index (κ2) is 4.70. The minimum absolute atomic E-state index is 0.0492. The van der Waals surface area contributed by atoms with Gasteiger partial charge in [-0.2, -0.15) is 0 Å². The molecule has 3 nitrogen and oxygen atoms in total. The Morgan fingerprint density at radius 1 is 1.71 bits per heavy atom. The molecule has 0 bridgehead atoms. The quantitative estimate of drug-likeness (QED) is 0.852. The van der Waals surface area contributed by atoms with Crippen LogP contribution in [-0.4, -0.2) is 9.56 Å². The van der Waals surface area contributed by atoms with Crippen LogP contribution in [0, 0.1) is 6.92 Å². The predicted molar refractivity (Wildman–Crippen MR) is 64.5 cm³/mol. The van der Waals surface area contributed by atoms with E-state index in [2.05, 4.69) is 15.9 Å². The number of aryl methyl sites for hydroxylation is 2. The molecule has 14 heavy (non-hydrogen) atoms. The van der Waals surface area contributed by atoms with Crippen LogP contribution in [-0.2, 0) is 6.54 Å². The first kappa shape index (κ1) is 11.4. The van der Waals surface area contributed by atoms with Crippen molar-refractivity contribution in [1.29, 1.82) is 0 Å². The summed E-state index contributed by atoms with van der Waals surface area (Å²) in [6, 6.07) is 1.79. The smallest absolute Gasteiger partial charge is 0.264 e. The molecule has 0 aromatic carbocycles. The lowest BCUT2D eigenvalue weighted by molar-refractivity contribution is 0.689. The highest BCUT2D eigenvalue weighted by Crippen LogP contribution is 2.05. The minimum atomic E-state index is -0.0492. The van der Waals surface area contributed by atoms with Gasteiger partial charge in [0, 0.05) is 19.2 Å². The van der Waals surface area contributed by atoms with Gasteiger partial charge in [0.05, 0.1) is 9.46 Å². The van der Waals surface area contributed by atoms with E-state index in [0.29, 0.717) is 22.4 Å². The lowest BCUT2D eigenvalue weighted by atomic mass is 10.3. The lowest BCUT2D eigenvalue weighted by Gasteiger charge is -2.06. The Labute approximate surface area is 96.0 Å². The van der Waals surface area contributed by atoms with Gasteiger partial charge in [-0.25, -0.2) is 0 Å². The molecule has 0 aliphatic heterocycles. The van der Waals surface area contributed by atoms with Crippen molar-refractivity contribution in [3.8, 4) is 0 Å². The van der Waals surface area contributed by atoms with Gasteiger partial charge in [-0.05, 0) is 34.5 Å². The molecular formula is C9H11BrN2OS. The Balaban J connectivity index is 2.97. The van der Waals surface area contributed by atoms with Gasteiger partial charge in [0.1, 0.15) is 0 Å². The SMILES string of the molecule is Cc1cc(Br)c(=O)n(CCC(N)=S)c1. The molecule has 0 unspecified atom stereocenters. The van der Waals surface area contributed by atoms with Crippen molar-refractivity contribution in [3.63, 3.8) is 0 Å². The molecule has 0 saturated carbocycles. The van der Waals surface area contributed by atoms with E-state index in [4.69, 9.17) is 18.0 Å². The third-order valence-corrected chi connectivity index (χ3v) is 2.55. The van der Waals surface area contributed by atoms with Crippen LogP contribution in [0.15, 0.2) is 21.5 Å². The largest absolute Gasteiger partial charge is 0.393 e. The molecule has 0 aliphatic rings. The summed E-state index contributed by atoms with van der Waals surface area (Å²) in [4.78, 5) is 12.0. The molecule has 0 aliphatic carbocycles. The molecule has 1 rings (SSSR count). The molecule has 0 amide bonds. The Kier molecular flexibility index (Phi) is 3.83. The molecule has 1 aromatic heterocycles. The maximum Gasteiger partial charge on any atom is 0.264 e. The molecule has 76 valence electrons. The van der Waals surface area contributed by atoms with Gasteiger partial charge in [0.15, 0.2) is 0 Å². The third kappa shape index (κ3) is 2.92. The van der Waals surface area contributed by atoms with Crippen LogP contribution in [0.1, 0.15) is 12.0 Å².